The fraction of sp³-hybridized carbons (Fsp3) is 0.143. The van der Waals surface area contributed by atoms with Crippen LogP contribution in [0.15, 0.2) is 23.6 Å². The third kappa shape index (κ3) is 3.83. The number of nitrogens with one attached hydrogen (secondary N) is 1. The van der Waals surface area contributed by atoms with Crippen LogP contribution in [0, 0.1) is 0 Å². The van der Waals surface area contributed by atoms with Gasteiger partial charge in [-0.15, -0.1) is 11.3 Å². The number of carboxylic acids is 1. The molecule has 0 fully saturated rings. The Bertz CT molecular complexity index is 736. The number of nitrogens with zero attached hydrogens (tertiary/aromatic N) is 1. The Labute approximate surface area is 134 Å². The maximum Gasteiger partial charge on any atom is 0.355 e. The molecule has 0 amide bonds. The highest BCUT2D eigenvalue weighted by Gasteiger charge is 2.15. The second-order valence-corrected chi connectivity index (χ2v) is 5.11. The summed E-state index contributed by atoms with van der Waals surface area (Å²) in [5, 5.41) is 13.4. The number of carboxylic acid groups (broad SMARTS) is 1. The number of esters is 2. The predicted octanol–water partition coefficient (Wildman–Crippen LogP) is 2.16. The average molecular weight is 336 g/mol. The van der Waals surface area contributed by atoms with E-state index in [0.29, 0.717) is 10.8 Å². The summed E-state index contributed by atoms with van der Waals surface area (Å²) in [4.78, 5) is 38.1. The predicted molar refractivity (Wildman–Crippen MR) is 81.5 cm³/mol. The Balaban J connectivity index is 2.37. The number of aromatic nitrogens is 1. The van der Waals surface area contributed by atoms with Gasteiger partial charge in [0.1, 0.15) is 0 Å². The average Bonchev–Trinajstić information content (AvgIpc) is 3.01. The molecule has 9 heteroatoms. The van der Waals surface area contributed by atoms with Crippen molar-refractivity contribution in [2.24, 2.45) is 0 Å². The topological polar surface area (TPSA) is 115 Å². The van der Waals surface area contributed by atoms with Crippen LogP contribution in [0.5, 0.6) is 0 Å². The van der Waals surface area contributed by atoms with Gasteiger partial charge >= 0.3 is 17.9 Å². The highest BCUT2D eigenvalue weighted by atomic mass is 32.1. The SMILES string of the molecule is COC(=O)c1cc(Nc2nc(C(=O)O)cs2)cc(C(=O)OC)c1. The quantitative estimate of drug-likeness (QED) is 0.798. The minimum Gasteiger partial charge on any atom is -0.476 e. The van der Waals surface area contributed by atoms with Crippen LogP contribution in [0.2, 0.25) is 0 Å². The molecule has 0 saturated carbocycles. The monoisotopic (exact) mass is 336 g/mol. The lowest BCUT2D eigenvalue weighted by Gasteiger charge is -2.08. The zero-order chi connectivity index (χ0) is 17.0. The van der Waals surface area contributed by atoms with Gasteiger partial charge in [-0.3, -0.25) is 0 Å². The molecule has 0 radical (unpaired) electrons. The van der Waals surface area contributed by atoms with Gasteiger partial charge in [-0.2, -0.15) is 0 Å². The van der Waals surface area contributed by atoms with Crippen LogP contribution in [-0.2, 0) is 9.47 Å². The lowest BCUT2D eigenvalue weighted by Crippen LogP contribution is -2.07. The number of hydrogen-bond donors (Lipinski definition) is 2. The van der Waals surface area contributed by atoms with E-state index in [0.717, 1.165) is 11.3 Å². The second kappa shape index (κ2) is 6.88. The van der Waals surface area contributed by atoms with E-state index in [1.165, 1.54) is 37.8 Å². The number of anilines is 2. The smallest absolute Gasteiger partial charge is 0.355 e. The van der Waals surface area contributed by atoms with E-state index >= 15 is 0 Å². The van der Waals surface area contributed by atoms with E-state index in [1.54, 1.807) is 0 Å². The van der Waals surface area contributed by atoms with Gasteiger partial charge in [0.15, 0.2) is 10.8 Å². The van der Waals surface area contributed by atoms with Gasteiger partial charge in [0.05, 0.1) is 25.3 Å². The van der Waals surface area contributed by atoms with E-state index in [4.69, 9.17) is 5.11 Å². The Kier molecular flexibility index (Phi) is 4.91. The van der Waals surface area contributed by atoms with Crippen molar-refractivity contribution in [3.63, 3.8) is 0 Å². The lowest BCUT2D eigenvalue weighted by molar-refractivity contribution is 0.0597. The Morgan fingerprint density at radius 3 is 2.09 bits per heavy atom. The van der Waals surface area contributed by atoms with Gasteiger partial charge in [-0.1, -0.05) is 0 Å². The molecular formula is C14H12N2O6S. The molecule has 2 N–H and O–H groups in total. The van der Waals surface area contributed by atoms with Gasteiger partial charge in [-0.05, 0) is 18.2 Å². The van der Waals surface area contributed by atoms with Crippen molar-refractivity contribution in [3.05, 3.63) is 40.4 Å². The van der Waals surface area contributed by atoms with E-state index in [-0.39, 0.29) is 16.8 Å². The summed E-state index contributed by atoms with van der Waals surface area (Å²) in [6, 6.07) is 4.26. The van der Waals surface area contributed by atoms with Crippen molar-refractivity contribution in [3.8, 4) is 0 Å². The number of aromatic carboxylic acids is 1. The molecule has 0 saturated heterocycles. The van der Waals surface area contributed by atoms with E-state index in [1.807, 2.05) is 0 Å². The van der Waals surface area contributed by atoms with Gasteiger partial charge in [0.2, 0.25) is 0 Å². The summed E-state index contributed by atoms with van der Waals surface area (Å²) in [6.07, 6.45) is 0. The Morgan fingerprint density at radius 1 is 1.09 bits per heavy atom. The molecule has 1 heterocycles. The van der Waals surface area contributed by atoms with Gasteiger partial charge in [0, 0.05) is 11.1 Å². The molecule has 0 atom stereocenters. The normalized spacial score (nSPS) is 10.0. The molecule has 1 aromatic carbocycles. The molecule has 0 aliphatic carbocycles. The van der Waals surface area contributed by atoms with Crippen molar-refractivity contribution in [1.29, 1.82) is 0 Å². The molecule has 0 aliphatic rings. The van der Waals surface area contributed by atoms with Crippen LogP contribution in [0.4, 0.5) is 10.8 Å². The summed E-state index contributed by atoms with van der Waals surface area (Å²) in [5.41, 5.74) is 0.565. The number of ether oxygens (including phenoxy) is 2. The minimum absolute atomic E-state index is 0.102. The van der Waals surface area contributed by atoms with Crippen molar-refractivity contribution in [1.82, 2.24) is 4.98 Å². The summed E-state index contributed by atoms with van der Waals surface area (Å²) in [6.45, 7) is 0. The van der Waals surface area contributed by atoms with Gasteiger partial charge in [0.25, 0.3) is 0 Å². The molecule has 1 aromatic heterocycles. The molecular weight excluding hydrogens is 324 g/mol. The highest BCUT2D eigenvalue weighted by Crippen LogP contribution is 2.24. The molecule has 23 heavy (non-hydrogen) atoms. The van der Waals surface area contributed by atoms with Crippen LogP contribution >= 0.6 is 11.3 Å². The lowest BCUT2D eigenvalue weighted by atomic mass is 10.1. The minimum atomic E-state index is -1.15. The van der Waals surface area contributed by atoms with Crippen LogP contribution in [-0.4, -0.2) is 42.2 Å². The summed E-state index contributed by atoms with van der Waals surface area (Å²) >= 11 is 1.08. The van der Waals surface area contributed by atoms with Crippen molar-refractivity contribution >= 4 is 40.1 Å². The van der Waals surface area contributed by atoms with Crippen LogP contribution in [0.3, 0.4) is 0 Å². The first-order valence-electron chi connectivity index (χ1n) is 6.22. The molecule has 0 aliphatic heterocycles. The van der Waals surface area contributed by atoms with Crippen LogP contribution < -0.4 is 5.32 Å². The van der Waals surface area contributed by atoms with Gasteiger partial charge in [-0.25, -0.2) is 19.4 Å². The largest absolute Gasteiger partial charge is 0.476 e. The fourth-order valence-corrected chi connectivity index (χ4v) is 2.43. The van der Waals surface area contributed by atoms with Crippen LogP contribution in [0.1, 0.15) is 31.2 Å². The Hall–Kier alpha value is -2.94. The van der Waals surface area contributed by atoms with Gasteiger partial charge < -0.3 is 19.9 Å². The molecule has 2 aromatic rings. The van der Waals surface area contributed by atoms with Crippen molar-refractivity contribution in [2.75, 3.05) is 19.5 Å². The van der Waals surface area contributed by atoms with E-state index in [2.05, 4.69) is 19.8 Å². The standard InChI is InChI=1S/C14H12N2O6S/c1-21-12(19)7-3-8(13(20)22-2)5-9(4-7)15-14-16-10(6-23-14)11(17)18/h3-6H,1-2H3,(H,15,16)(H,17,18). The van der Waals surface area contributed by atoms with Crippen molar-refractivity contribution < 1.29 is 29.0 Å². The summed E-state index contributed by atoms with van der Waals surface area (Å²) < 4.78 is 9.27. The molecule has 8 nitrogen and oxygen atoms in total. The second-order valence-electron chi connectivity index (χ2n) is 4.25. The first-order chi connectivity index (χ1) is 10.9. The first kappa shape index (κ1) is 16.4. The van der Waals surface area contributed by atoms with E-state index in [9.17, 15) is 14.4 Å². The molecule has 120 valence electrons. The third-order valence-electron chi connectivity index (χ3n) is 2.75. The van der Waals surface area contributed by atoms with E-state index < -0.39 is 17.9 Å². The molecule has 0 spiro atoms. The van der Waals surface area contributed by atoms with Crippen LogP contribution in [0.25, 0.3) is 0 Å². The zero-order valence-corrected chi connectivity index (χ0v) is 13.0. The summed E-state index contributed by atoms with van der Waals surface area (Å²) in [7, 11) is 2.44. The first-order valence-corrected chi connectivity index (χ1v) is 7.10. The number of hydrogen-bond acceptors (Lipinski definition) is 8. The molecule has 2 rings (SSSR count). The third-order valence-corrected chi connectivity index (χ3v) is 3.51. The number of benzene rings is 1. The maximum absolute atomic E-state index is 11.7. The number of methoxy groups -OCH3 is 2. The number of thiazole rings is 1. The highest BCUT2D eigenvalue weighted by molar-refractivity contribution is 7.14. The Morgan fingerprint density at radius 2 is 1.65 bits per heavy atom. The maximum atomic E-state index is 11.7. The van der Waals surface area contributed by atoms with Crippen molar-refractivity contribution in [2.45, 2.75) is 0 Å². The molecule has 0 unspecified atom stereocenters. The molecule has 0 bridgehead atoms. The number of rotatable bonds is 5. The number of carbonyl (C=O) groups is 3. The summed E-state index contributed by atoms with van der Waals surface area (Å²) in [5.74, 6) is -2.39. The fourth-order valence-electron chi connectivity index (χ4n) is 1.72. The zero-order valence-electron chi connectivity index (χ0n) is 12.2. The number of carbonyl (C=O) groups excluding carboxylic acids is 2.